The summed E-state index contributed by atoms with van der Waals surface area (Å²) in [5.41, 5.74) is 17.8. The molecule has 0 radical (unpaired) electrons. The lowest BCUT2D eigenvalue weighted by Crippen LogP contribution is -2.40. The van der Waals surface area contributed by atoms with Gasteiger partial charge in [-0.3, -0.25) is 9.79 Å². The zero-order valence-corrected chi connectivity index (χ0v) is 29.1. The molecule has 1 amide bonds. The number of hydrogen-bond donors (Lipinski definition) is 4. The van der Waals surface area contributed by atoms with Gasteiger partial charge < -0.3 is 32.0 Å². The highest BCUT2D eigenvalue weighted by Crippen LogP contribution is 2.24. The fourth-order valence-corrected chi connectivity index (χ4v) is 5.43. The van der Waals surface area contributed by atoms with E-state index in [9.17, 15) is 4.79 Å². The van der Waals surface area contributed by atoms with Gasteiger partial charge in [0.05, 0.1) is 19.3 Å². The number of carbonyl (C=O) groups is 1. The van der Waals surface area contributed by atoms with E-state index in [1.54, 1.807) is 0 Å². The van der Waals surface area contributed by atoms with Gasteiger partial charge in [-0.15, -0.1) is 0 Å². The molecule has 0 aliphatic rings. The minimum Gasteiger partial charge on any atom is -0.493 e. The number of guanidine groups is 1. The van der Waals surface area contributed by atoms with E-state index in [0.29, 0.717) is 39.1 Å². The summed E-state index contributed by atoms with van der Waals surface area (Å²) in [6, 6.07) is 5.36. The predicted molar refractivity (Wildman–Crippen MR) is 191 cm³/mol. The summed E-state index contributed by atoms with van der Waals surface area (Å²) in [6.45, 7) is 6.73. The Morgan fingerprint density at radius 3 is 1.51 bits per heavy atom. The Morgan fingerprint density at radius 2 is 1.09 bits per heavy atom. The van der Waals surface area contributed by atoms with Gasteiger partial charge in [-0.05, 0) is 43.4 Å². The van der Waals surface area contributed by atoms with Gasteiger partial charge in [0, 0.05) is 19.2 Å². The van der Waals surface area contributed by atoms with Crippen molar-refractivity contribution in [3.8, 4) is 11.5 Å². The summed E-state index contributed by atoms with van der Waals surface area (Å²) in [4.78, 5) is 16.5. The molecule has 260 valence electrons. The van der Waals surface area contributed by atoms with Crippen molar-refractivity contribution < 1.29 is 14.3 Å². The monoisotopic (exact) mass is 632 g/mol. The molecule has 0 bridgehead atoms. The zero-order valence-electron chi connectivity index (χ0n) is 29.1. The van der Waals surface area contributed by atoms with Crippen molar-refractivity contribution in [2.45, 2.75) is 168 Å². The Morgan fingerprint density at radius 1 is 0.667 bits per heavy atom. The van der Waals surface area contributed by atoms with Crippen LogP contribution in [0.4, 0.5) is 0 Å². The number of aliphatic imine (C=N–C) groups is 1. The Labute approximate surface area is 276 Å². The van der Waals surface area contributed by atoms with Crippen molar-refractivity contribution in [3.05, 3.63) is 23.8 Å². The molecule has 0 fully saturated rings. The number of carbonyl (C=O) groups excluding carboxylic acids is 1. The van der Waals surface area contributed by atoms with Crippen LogP contribution in [0.15, 0.2) is 23.2 Å². The van der Waals surface area contributed by atoms with Gasteiger partial charge in [-0.25, -0.2) is 0 Å². The number of nitrogens with zero attached hydrogens (tertiary/aromatic N) is 1. The minimum atomic E-state index is -0.609. The molecule has 45 heavy (non-hydrogen) atoms. The van der Waals surface area contributed by atoms with Crippen LogP contribution in [0.25, 0.3) is 0 Å². The molecule has 0 aliphatic carbocycles. The summed E-state index contributed by atoms with van der Waals surface area (Å²) < 4.78 is 12.3. The second-order valence-electron chi connectivity index (χ2n) is 12.6. The normalized spacial score (nSPS) is 11.7. The molecule has 1 aromatic rings. The highest BCUT2D eigenvalue weighted by Gasteiger charge is 2.13. The lowest BCUT2D eigenvalue weighted by molar-refractivity contribution is -0.122. The molecular weight excluding hydrogens is 562 g/mol. The first-order valence-corrected chi connectivity index (χ1v) is 18.4. The number of hydrogen-bond acceptors (Lipinski definition) is 5. The van der Waals surface area contributed by atoms with Gasteiger partial charge in [-0.1, -0.05) is 129 Å². The third kappa shape index (κ3) is 24.4. The largest absolute Gasteiger partial charge is 0.493 e. The van der Waals surface area contributed by atoms with Crippen molar-refractivity contribution in [2.24, 2.45) is 22.2 Å². The summed E-state index contributed by atoms with van der Waals surface area (Å²) in [5.74, 6) is 1.44. The first-order chi connectivity index (χ1) is 22.0. The van der Waals surface area contributed by atoms with Crippen molar-refractivity contribution in [3.63, 3.8) is 0 Å². The van der Waals surface area contributed by atoms with Gasteiger partial charge in [0.15, 0.2) is 5.96 Å². The molecule has 0 unspecified atom stereocenters. The minimum absolute atomic E-state index is 0.0504. The van der Waals surface area contributed by atoms with Crippen LogP contribution in [0.3, 0.4) is 0 Å². The summed E-state index contributed by atoms with van der Waals surface area (Å²) in [7, 11) is 0. The highest BCUT2D eigenvalue weighted by molar-refractivity contribution is 5.81. The molecule has 0 heterocycles. The van der Waals surface area contributed by atoms with E-state index in [0.717, 1.165) is 29.9 Å². The Hall–Kier alpha value is -2.48. The Balaban J connectivity index is 2.49. The molecule has 0 aliphatic heterocycles. The highest BCUT2D eigenvalue weighted by atomic mass is 16.5. The molecular formula is C37H69N5O3. The van der Waals surface area contributed by atoms with E-state index >= 15 is 0 Å². The van der Waals surface area contributed by atoms with Gasteiger partial charge in [0.25, 0.3) is 0 Å². The van der Waals surface area contributed by atoms with Gasteiger partial charge >= 0.3 is 0 Å². The van der Waals surface area contributed by atoms with E-state index in [-0.39, 0.29) is 11.9 Å². The SMILES string of the molecule is CCCCCCCCCCCCOc1cc(CNC(=O)[C@@H](N)CCCN=C(N)N)cc(OCCCCCCCCCCCC)c1. The molecule has 0 saturated heterocycles. The molecule has 8 heteroatoms. The smallest absolute Gasteiger partial charge is 0.237 e. The summed E-state index contributed by atoms with van der Waals surface area (Å²) in [6.07, 6.45) is 27.1. The number of ether oxygens (including phenoxy) is 2. The van der Waals surface area contributed by atoms with E-state index in [2.05, 4.69) is 24.2 Å². The van der Waals surface area contributed by atoms with Crippen molar-refractivity contribution in [1.82, 2.24) is 5.32 Å². The number of unbranched alkanes of at least 4 members (excludes halogenated alkanes) is 18. The summed E-state index contributed by atoms with van der Waals surface area (Å²) in [5, 5.41) is 2.97. The molecule has 8 nitrogen and oxygen atoms in total. The summed E-state index contributed by atoms with van der Waals surface area (Å²) >= 11 is 0. The topological polar surface area (TPSA) is 138 Å². The van der Waals surface area contributed by atoms with E-state index < -0.39 is 6.04 Å². The maximum atomic E-state index is 12.6. The van der Waals surface area contributed by atoms with E-state index in [1.807, 2.05) is 18.2 Å². The lowest BCUT2D eigenvalue weighted by atomic mass is 10.1. The third-order valence-electron chi connectivity index (χ3n) is 8.24. The van der Waals surface area contributed by atoms with Crippen molar-refractivity contribution >= 4 is 11.9 Å². The first-order valence-electron chi connectivity index (χ1n) is 18.4. The fourth-order valence-electron chi connectivity index (χ4n) is 5.43. The molecule has 0 saturated carbocycles. The lowest BCUT2D eigenvalue weighted by Gasteiger charge is -2.15. The third-order valence-corrected chi connectivity index (χ3v) is 8.24. The maximum absolute atomic E-state index is 12.6. The average Bonchev–Trinajstić information content (AvgIpc) is 3.03. The van der Waals surface area contributed by atoms with E-state index in [1.165, 1.54) is 116 Å². The van der Waals surface area contributed by atoms with Gasteiger partial charge in [-0.2, -0.15) is 0 Å². The van der Waals surface area contributed by atoms with Gasteiger partial charge in [0.2, 0.25) is 5.91 Å². The van der Waals surface area contributed by atoms with Crippen LogP contribution in [0.2, 0.25) is 0 Å². The predicted octanol–water partition coefficient (Wildman–Crippen LogP) is 8.28. The molecule has 1 rings (SSSR count). The van der Waals surface area contributed by atoms with Crippen LogP contribution < -0.4 is 32.0 Å². The quantitative estimate of drug-likeness (QED) is 0.0370. The van der Waals surface area contributed by atoms with Crippen LogP contribution in [0, 0.1) is 0 Å². The number of nitrogens with two attached hydrogens (primary N) is 3. The molecule has 7 N–H and O–H groups in total. The van der Waals surface area contributed by atoms with Gasteiger partial charge in [0.1, 0.15) is 11.5 Å². The number of nitrogens with one attached hydrogen (secondary N) is 1. The Bertz CT molecular complexity index is 831. The second-order valence-corrected chi connectivity index (χ2v) is 12.6. The van der Waals surface area contributed by atoms with Crippen LogP contribution in [0.1, 0.15) is 161 Å². The number of amides is 1. The fraction of sp³-hybridized carbons (Fsp3) is 0.784. The standard InChI is InChI=1S/C37H69N5O3/c1-3-5-7-9-11-13-15-17-19-21-26-44-33-28-32(31-42-36(43)35(38)24-23-25-41-37(39)40)29-34(30-33)45-27-22-20-18-16-14-12-10-8-6-4-2/h28-30,35H,3-27,31,38H2,1-2H3,(H,42,43)(H4,39,40,41)/t35-/m0/s1. The molecule has 1 aromatic carbocycles. The van der Waals surface area contributed by atoms with Crippen molar-refractivity contribution in [1.29, 1.82) is 0 Å². The van der Waals surface area contributed by atoms with Crippen LogP contribution in [0.5, 0.6) is 11.5 Å². The molecule has 1 atom stereocenters. The van der Waals surface area contributed by atoms with Crippen LogP contribution >= 0.6 is 0 Å². The second kappa shape index (κ2) is 29.0. The maximum Gasteiger partial charge on any atom is 0.237 e. The average molecular weight is 632 g/mol. The van der Waals surface area contributed by atoms with Crippen LogP contribution in [-0.2, 0) is 11.3 Å². The zero-order chi connectivity index (χ0) is 32.8. The first kappa shape index (κ1) is 40.5. The van der Waals surface area contributed by atoms with Crippen molar-refractivity contribution in [2.75, 3.05) is 19.8 Å². The van der Waals surface area contributed by atoms with E-state index in [4.69, 9.17) is 26.7 Å². The molecule has 0 aromatic heterocycles. The Kier molecular flexibility index (Phi) is 26.1. The molecule has 0 spiro atoms. The van der Waals surface area contributed by atoms with Crippen LogP contribution in [-0.4, -0.2) is 37.7 Å². The number of rotatable bonds is 31. The number of benzene rings is 1.